The van der Waals surface area contributed by atoms with Gasteiger partial charge in [-0.1, -0.05) is 0 Å². The van der Waals surface area contributed by atoms with Gasteiger partial charge in [-0.3, -0.25) is 4.79 Å². The third-order valence-corrected chi connectivity index (χ3v) is 3.58. The smallest absolute Gasteiger partial charge is 0.234 e. The summed E-state index contributed by atoms with van der Waals surface area (Å²) in [5, 5.41) is 2.89. The summed E-state index contributed by atoms with van der Waals surface area (Å²) in [5.74, 6) is 0.611. The van der Waals surface area contributed by atoms with Crippen LogP contribution in [0.3, 0.4) is 0 Å². The molecule has 4 heteroatoms. The molecule has 0 saturated heterocycles. The number of hydrogen-bond donors (Lipinski definition) is 1. The van der Waals surface area contributed by atoms with Crippen molar-refractivity contribution in [3.8, 4) is 0 Å². The summed E-state index contributed by atoms with van der Waals surface area (Å²) in [7, 11) is 2.04. The monoisotopic (exact) mass is 222 g/mol. The van der Waals surface area contributed by atoms with Crippen LogP contribution >= 0.6 is 11.8 Å². The fraction of sp³-hybridized carbons (Fsp3) is 0.364. The maximum absolute atomic E-state index is 11.2. The van der Waals surface area contributed by atoms with Crippen molar-refractivity contribution in [1.82, 2.24) is 0 Å². The van der Waals surface area contributed by atoms with Gasteiger partial charge in [0, 0.05) is 24.2 Å². The summed E-state index contributed by atoms with van der Waals surface area (Å²) >= 11 is 1.59. The van der Waals surface area contributed by atoms with Crippen LogP contribution in [-0.4, -0.2) is 25.3 Å². The number of nitrogens with one attached hydrogen (secondary N) is 1. The Hall–Kier alpha value is -1.16. The van der Waals surface area contributed by atoms with Crippen LogP contribution in [0.25, 0.3) is 0 Å². The van der Waals surface area contributed by atoms with Gasteiger partial charge in [-0.05, 0) is 25.1 Å². The van der Waals surface area contributed by atoms with E-state index >= 15 is 0 Å². The zero-order chi connectivity index (χ0) is 10.8. The van der Waals surface area contributed by atoms with E-state index in [0.717, 1.165) is 22.8 Å². The topological polar surface area (TPSA) is 32.3 Å². The quantitative estimate of drug-likeness (QED) is 0.832. The second-order valence-corrected chi connectivity index (χ2v) is 4.55. The van der Waals surface area contributed by atoms with Gasteiger partial charge in [-0.25, -0.2) is 0 Å². The van der Waals surface area contributed by atoms with E-state index in [1.807, 2.05) is 13.1 Å². The summed E-state index contributed by atoms with van der Waals surface area (Å²) < 4.78 is 0. The predicted molar refractivity (Wildman–Crippen MR) is 64.7 cm³/mol. The summed E-state index contributed by atoms with van der Waals surface area (Å²) in [6.07, 6.45) is 0. The lowest BCUT2D eigenvalue weighted by Gasteiger charge is -2.21. The van der Waals surface area contributed by atoms with Gasteiger partial charge in [-0.15, -0.1) is 11.8 Å². The van der Waals surface area contributed by atoms with Crippen LogP contribution in [0.5, 0.6) is 0 Å². The molecule has 1 aliphatic heterocycles. The van der Waals surface area contributed by atoms with Crippen molar-refractivity contribution >= 4 is 29.0 Å². The highest BCUT2D eigenvalue weighted by Gasteiger charge is 2.15. The molecule has 3 nitrogen and oxygen atoms in total. The summed E-state index contributed by atoms with van der Waals surface area (Å²) in [6, 6.07) is 6.19. The van der Waals surface area contributed by atoms with E-state index < -0.39 is 0 Å². The van der Waals surface area contributed by atoms with Gasteiger partial charge in [-0.2, -0.15) is 0 Å². The normalized spacial score (nSPS) is 14.4. The minimum absolute atomic E-state index is 0.0869. The molecule has 1 aliphatic rings. The minimum Gasteiger partial charge on any atom is -0.375 e. The first kappa shape index (κ1) is 10.4. The molecule has 15 heavy (non-hydrogen) atoms. The SMILES string of the molecule is CCN(C)c1ccc2c(c1)NC(=O)CS2. The lowest BCUT2D eigenvalue weighted by molar-refractivity contribution is -0.113. The van der Waals surface area contributed by atoms with Crippen molar-refractivity contribution in [3.63, 3.8) is 0 Å². The van der Waals surface area contributed by atoms with E-state index in [2.05, 4.69) is 29.3 Å². The Bertz CT molecular complexity index is 392. The maximum Gasteiger partial charge on any atom is 0.234 e. The largest absolute Gasteiger partial charge is 0.375 e. The number of amides is 1. The molecule has 1 aromatic carbocycles. The van der Waals surface area contributed by atoms with Crippen LogP contribution < -0.4 is 10.2 Å². The van der Waals surface area contributed by atoms with Crippen LogP contribution in [0.15, 0.2) is 23.1 Å². The summed E-state index contributed by atoms with van der Waals surface area (Å²) in [4.78, 5) is 14.5. The van der Waals surface area contributed by atoms with Crippen molar-refractivity contribution in [2.24, 2.45) is 0 Å². The number of rotatable bonds is 2. The molecule has 1 aromatic rings. The minimum atomic E-state index is 0.0869. The molecule has 1 N–H and O–H groups in total. The van der Waals surface area contributed by atoms with Crippen LogP contribution in [0.2, 0.25) is 0 Å². The Morgan fingerprint density at radius 3 is 3.07 bits per heavy atom. The van der Waals surface area contributed by atoms with E-state index in [-0.39, 0.29) is 5.91 Å². The molecule has 2 rings (SSSR count). The van der Waals surface area contributed by atoms with E-state index in [4.69, 9.17) is 0 Å². The van der Waals surface area contributed by atoms with Gasteiger partial charge in [0.25, 0.3) is 0 Å². The maximum atomic E-state index is 11.2. The Balaban J connectivity index is 2.32. The Kier molecular flexibility index (Phi) is 2.86. The third-order valence-electron chi connectivity index (χ3n) is 2.51. The molecule has 0 saturated carbocycles. The number of thioether (sulfide) groups is 1. The molecule has 0 aliphatic carbocycles. The van der Waals surface area contributed by atoms with Gasteiger partial charge in [0.05, 0.1) is 11.4 Å². The zero-order valence-electron chi connectivity index (χ0n) is 8.91. The molecule has 0 fully saturated rings. The molecule has 0 aromatic heterocycles. The van der Waals surface area contributed by atoms with Crippen LogP contribution in [0, 0.1) is 0 Å². The first-order valence-corrected chi connectivity index (χ1v) is 5.97. The average molecular weight is 222 g/mol. The molecule has 0 spiro atoms. The molecule has 0 atom stereocenters. The van der Waals surface area contributed by atoms with Crippen LogP contribution in [-0.2, 0) is 4.79 Å². The molecule has 0 unspecified atom stereocenters. The average Bonchev–Trinajstić information content (AvgIpc) is 2.27. The first-order valence-electron chi connectivity index (χ1n) is 4.98. The highest BCUT2D eigenvalue weighted by atomic mass is 32.2. The number of anilines is 2. The van der Waals surface area contributed by atoms with Gasteiger partial charge in [0.2, 0.25) is 5.91 Å². The van der Waals surface area contributed by atoms with Crippen LogP contribution in [0.1, 0.15) is 6.92 Å². The number of carbonyl (C=O) groups excluding carboxylic acids is 1. The van der Waals surface area contributed by atoms with E-state index in [9.17, 15) is 4.79 Å². The van der Waals surface area contributed by atoms with Crippen molar-refractivity contribution in [2.45, 2.75) is 11.8 Å². The molecule has 1 heterocycles. The van der Waals surface area contributed by atoms with Crippen LogP contribution in [0.4, 0.5) is 11.4 Å². The molecular formula is C11H14N2OS. The van der Waals surface area contributed by atoms with Gasteiger partial charge in [0.15, 0.2) is 0 Å². The number of benzene rings is 1. The fourth-order valence-electron chi connectivity index (χ4n) is 1.49. The molecule has 80 valence electrons. The Labute approximate surface area is 93.8 Å². The van der Waals surface area contributed by atoms with E-state index in [1.54, 1.807) is 11.8 Å². The lowest BCUT2D eigenvalue weighted by atomic mass is 10.2. The fourth-order valence-corrected chi connectivity index (χ4v) is 2.28. The number of fused-ring (bicyclic) bond motifs is 1. The van der Waals surface area contributed by atoms with E-state index in [0.29, 0.717) is 5.75 Å². The first-order chi connectivity index (χ1) is 7.20. The van der Waals surface area contributed by atoms with Gasteiger partial charge in [0.1, 0.15) is 0 Å². The molecule has 0 bridgehead atoms. The number of hydrogen-bond acceptors (Lipinski definition) is 3. The zero-order valence-corrected chi connectivity index (χ0v) is 9.73. The highest BCUT2D eigenvalue weighted by molar-refractivity contribution is 8.00. The van der Waals surface area contributed by atoms with Gasteiger partial charge < -0.3 is 10.2 Å². The molecular weight excluding hydrogens is 208 g/mol. The number of carbonyl (C=O) groups is 1. The lowest BCUT2D eigenvalue weighted by Crippen LogP contribution is -2.20. The molecule has 1 amide bonds. The highest BCUT2D eigenvalue weighted by Crippen LogP contribution is 2.34. The second kappa shape index (κ2) is 4.14. The third kappa shape index (κ3) is 2.09. The van der Waals surface area contributed by atoms with Crippen molar-refractivity contribution in [3.05, 3.63) is 18.2 Å². The van der Waals surface area contributed by atoms with E-state index in [1.165, 1.54) is 0 Å². The van der Waals surface area contributed by atoms with Crippen molar-refractivity contribution in [1.29, 1.82) is 0 Å². The molecule has 0 radical (unpaired) electrons. The summed E-state index contributed by atoms with van der Waals surface area (Å²) in [6.45, 7) is 3.06. The Morgan fingerprint density at radius 2 is 2.33 bits per heavy atom. The van der Waals surface area contributed by atoms with Crippen molar-refractivity contribution in [2.75, 3.05) is 29.6 Å². The number of nitrogens with zero attached hydrogens (tertiary/aromatic N) is 1. The standard InChI is InChI=1S/C11H14N2OS/c1-3-13(2)8-4-5-10-9(6-8)12-11(14)7-15-10/h4-6H,3,7H2,1-2H3,(H,12,14). The summed E-state index contributed by atoms with van der Waals surface area (Å²) in [5.41, 5.74) is 2.08. The van der Waals surface area contributed by atoms with Gasteiger partial charge >= 0.3 is 0 Å². The van der Waals surface area contributed by atoms with Crippen molar-refractivity contribution < 1.29 is 4.79 Å². The second-order valence-electron chi connectivity index (χ2n) is 3.53. The Morgan fingerprint density at radius 1 is 1.53 bits per heavy atom. The predicted octanol–water partition coefficient (Wildman–Crippen LogP) is 2.19.